The van der Waals surface area contributed by atoms with E-state index in [2.05, 4.69) is 16.4 Å². The molecule has 5 heteroatoms. The first-order valence-corrected chi connectivity index (χ1v) is 10.4. The predicted molar refractivity (Wildman–Crippen MR) is 126 cm³/mol. The van der Waals surface area contributed by atoms with E-state index in [1.807, 2.05) is 72.8 Å². The van der Waals surface area contributed by atoms with Crippen molar-refractivity contribution in [2.75, 3.05) is 0 Å². The van der Waals surface area contributed by atoms with Gasteiger partial charge in [0.1, 0.15) is 6.04 Å². The zero-order chi connectivity index (χ0) is 22.1. The second-order valence-electron chi connectivity index (χ2n) is 7.74. The van der Waals surface area contributed by atoms with Crippen molar-refractivity contribution in [3.05, 3.63) is 102 Å². The number of carbonyl (C=O) groups excluding carboxylic acids is 1. The lowest BCUT2D eigenvalue weighted by atomic mass is 9.92. The van der Waals surface area contributed by atoms with Crippen molar-refractivity contribution in [2.45, 2.75) is 12.5 Å². The van der Waals surface area contributed by atoms with Crippen LogP contribution < -0.4 is 5.32 Å². The fourth-order valence-corrected chi connectivity index (χ4v) is 4.26. The summed E-state index contributed by atoms with van der Waals surface area (Å²) in [4.78, 5) is 29.5. The van der Waals surface area contributed by atoms with E-state index in [4.69, 9.17) is 0 Å². The molecular formula is C27H20N2O3. The number of rotatable bonds is 5. The van der Waals surface area contributed by atoms with Gasteiger partial charge in [-0.25, -0.2) is 4.79 Å². The van der Waals surface area contributed by atoms with Gasteiger partial charge in [-0.05, 0) is 45.3 Å². The summed E-state index contributed by atoms with van der Waals surface area (Å²) < 4.78 is 0. The van der Waals surface area contributed by atoms with E-state index in [1.165, 1.54) is 0 Å². The summed E-state index contributed by atoms with van der Waals surface area (Å²) in [5.41, 5.74) is 2.00. The smallest absolute Gasteiger partial charge is 0.326 e. The molecule has 0 aliphatic heterocycles. The van der Waals surface area contributed by atoms with E-state index >= 15 is 0 Å². The number of aromatic nitrogens is 1. The average molecular weight is 420 g/mol. The normalized spacial score (nSPS) is 12.1. The number of aliphatic carboxylic acids is 1. The fraction of sp³-hybridized carbons (Fsp3) is 0.0741. The molecule has 5 nitrogen and oxygen atoms in total. The maximum Gasteiger partial charge on any atom is 0.326 e. The molecule has 4 aromatic carbocycles. The average Bonchev–Trinajstić information content (AvgIpc) is 2.82. The van der Waals surface area contributed by atoms with Crippen molar-refractivity contribution in [3.8, 4) is 0 Å². The lowest BCUT2D eigenvalue weighted by Crippen LogP contribution is -2.42. The third kappa shape index (κ3) is 3.54. The summed E-state index contributed by atoms with van der Waals surface area (Å²) in [6.07, 6.45) is 1.73. The number of carbonyl (C=O) groups is 2. The van der Waals surface area contributed by atoms with Gasteiger partial charge in [0, 0.05) is 18.0 Å². The Morgan fingerprint density at radius 1 is 0.812 bits per heavy atom. The molecule has 0 saturated carbocycles. The molecule has 0 unspecified atom stereocenters. The number of carboxylic acids is 1. The minimum absolute atomic E-state index is 0.173. The van der Waals surface area contributed by atoms with Crippen LogP contribution in [0, 0.1) is 0 Å². The summed E-state index contributed by atoms with van der Waals surface area (Å²) in [5.74, 6) is -1.51. The van der Waals surface area contributed by atoms with Gasteiger partial charge in [-0.2, -0.15) is 0 Å². The van der Waals surface area contributed by atoms with Crippen LogP contribution in [-0.2, 0) is 11.2 Å². The van der Waals surface area contributed by atoms with E-state index in [0.717, 1.165) is 27.1 Å². The lowest BCUT2D eigenvalue weighted by molar-refractivity contribution is -0.139. The number of hydrogen-bond donors (Lipinski definition) is 2. The summed E-state index contributed by atoms with van der Waals surface area (Å²) in [6.45, 7) is 0. The highest BCUT2D eigenvalue weighted by atomic mass is 16.4. The van der Waals surface area contributed by atoms with Gasteiger partial charge < -0.3 is 10.4 Å². The Morgan fingerprint density at radius 2 is 1.41 bits per heavy atom. The predicted octanol–water partition coefficient (Wildman–Crippen LogP) is 4.97. The van der Waals surface area contributed by atoms with Gasteiger partial charge in [-0.15, -0.1) is 0 Å². The number of benzene rings is 4. The van der Waals surface area contributed by atoms with Crippen LogP contribution in [0.25, 0.3) is 32.4 Å². The highest BCUT2D eigenvalue weighted by molar-refractivity contribution is 6.07. The third-order valence-electron chi connectivity index (χ3n) is 5.79. The van der Waals surface area contributed by atoms with E-state index in [9.17, 15) is 14.7 Å². The Kier molecular flexibility index (Phi) is 5.00. The van der Waals surface area contributed by atoms with Gasteiger partial charge in [0.05, 0.1) is 11.1 Å². The van der Waals surface area contributed by atoms with Gasteiger partial charge in [0.25, 0.3) is 5.91 Å². The minimum Gasteiger partial charge on any atom is -0.480 e. The number of nitrogens with zero attached hydrogens (tertiary/aromatic N) is 1. The summed E-state index contributed by atoms with van der Waals surface area (Å²) in [7, 11) is 0. The SMILES string of the molecule is O=C(N[C@@H](Cc1c2ccccc2cc2ccccc12)C(=O)O)c1ccnc2ccccc12. The molecule has 2 N–H and O–H groups in total. The number of para-hydroxylation sites is 1. The molecule has 5 rings (SSSR count). The Balaban J connectivity index is 1.55. The quantitative estimate of drug-likeness (QED) is 0.394. The molecule has 0 aliphatic carbocycles. The molecule has 0 fully saturated rings. The largest absolute Gasteiger partial charge is 0.480 e. The maximum atomic E-state index is 13.1. The van der Waals surface area contributed by atoms with E-state index < -0.39 is 17.9 Å². The highest BCUT2D eigenvalue weighted by Gasteiger charge is 2.24. The number of carboxylic acid groups (broad SMARTS) is 1. The van der Waals surface area contributed by atoms with Crippen LogP contribution in [0.15, 0.2) is 91.1 Å². The number of amides is 1. The topological polar surface area (TPSA) is 79.3 Å². The molecule has 0 radical (unpaired) electrons. The van der Waals surface area contributed by atoms with Crippen molar-refractivity contribution in [3.63, 3.8) is 0 Å². The van der Waals surface area contributed by atoms with Gasteiger partial charge in [0.2, 0.25) is 0 Å². The highest BCUT2D eigenvalue weighted by Crippen LogP contribution is 2.29. The first-order valence-electron chi connectivity index (χ1n) is 10.4. The molecule has 1 atom stereocenters. The van der Waals surface area contributed by atoms with Crippen LogP contribution in [0.5, 0.6) is 0 Å². The van der Waals surface area contributed by atoms with Gasteiger partial charge in [-0.1, -0.05) is 66.7 Å². The van der Waals surface area contributed by atoms with Gasteiger partial charge in [-0.3, -0.25) is 9.78 Å². The zero-order valence-corrected chi connectivity index (χ0v) is 17.2. The molecule has 32 heavy (non-hydrogen) atoms. The molecule has 5 aromatic rings. The van der Waals surface area contributed by atoms with Crippen molar-refractivity contribution in [1.82, 2.24) is 10.3 Å². The number of pyridine rings is 1. The Labute approximate surface area is 184 Å². The molecule has 1 amide bonds. The van der Waals surface area contributed by atoms with Crippen molar-refractivity contribution < 1.29 is 14.7 Å². The molecule has 1 aromatic heterocycles. The van der Waals surface area contributed by atoms with E-state index in [-0.39, 0.29) is 6.42 Å². The fourth-order valence-electron chi connectivity index (χ4n) is 4.26. The zero-order valence-electron chi connectivity index (χ0n) is 17.2. The third-order valence-corrected chi connectivity index (χ3v) is 5.79. The van der Waals surface area contributed by atoms with E-state index in [0.29, 0.717) is 16.5 Å². The first kappa shape index (κ1) is 19.7. The standard InChI is InChI=1S/C27H20N2O3/c30-26(22-13-14-28-24-12-6-5-11-21(22)24)29-25(27(31)32)16-23-19-9-3-1-7-17(19)15-18-8-2-4-10-20(18)23/h1-15,25H,16H2,(H,29,30)(H,31,32)/t25-/m0/s1. The number of fused-ring (bicyclic) bond motifs is 3. The first-order chi connectivity index (χ1) is 15.6. The molecular weight excluding hydrogens is 400 g/mol. The maximum absolute atomic E-state index is 13.1. The monoisotopic (exact) mass is 420 g/mol. The molecule has 0 spiro atoms. The van der Waals surface area contributed by atoms with Crippen LogP contribution >= 0.6 is 0 Å². The van der Waals surface area contributed by atoms with Crippen LogP contribution in [0.4, 0.5) is 0 Å². The Morgan fingerprint density at radius 3 is 2.06 bits per heavy atom. The molecule has 0 aliphatic rings. The van der Waals surface area contributed by atoms with E-state index in [1.54, 1.807) is 12.3 Å². The van der Waals surface area contributed by atoms with Gasteiger partial charge >= 0.3 is 5.97 Å². The molecule has 1 heterocycles. The van der Waals surface area contributed by atoms with Crippen LogP contribution in [0.3, 0.4) is 0 Å². The van der Waals surface area contributed by atoms with Crippen LogP contribution in [0.2, 0.25) is 0 Å². The summed E-state index contributed by atoms with van der Waals surface area (Å²) in [6, 6.07) is 25.8. The number of nitrogens with one attached hydrogen (secondary N) is 1. The van der Waals surface area contributed by atoms with Crippen LogP contribution in [-0.4, -0.2) is 28.0 Å². The van der Waals surface area contributed by atoms with Crippen molar-refractivity contribution in [1.29, 1.82) is 0 Å². The molecule has 156 valence electrons. The second kappa shape index (κ2) is 8.12. The van der Waals surface area contributed by atoms with Crippen molar-refractivity contribution in [2.24, 2.45) is 0 Å². The van der Waals surface area contributed by atoms with Crippen LogP contribution in [0.1, 0.15) is 15.9 Å². The minimum atomic E-state index is -1.08. The molecule has 0 saturated heterocycles. The summed E-state index contributed by atoms with van der Waals surface area (Å²) in [5, 5.41) is 17.4. The van der Waals surface area contributed by atoms with Crippen molar-refractivity contribution >= 4 is 44.3 Å². The molecule has 0 bridgehead atoms. The van der Waals surface area contributed by atoms with Gasteiger partial charge in [0.15, 0.2) is 0 Å². The Hall–Kier alpha value is -4.25. The Bertz CT molecular complexity index is 1430. The summed E-state index contributed by atoms with van der Waals surface area (Å²) >= 11 is 0. The number of hydrogen-bond acceptors (Lipinski definition) is 3. The lowest BCUT2D eigenvalue weighted by Gasteiger charge is -2.18. The second-order valence-corrected chi connectivity index (χ2v) is 7.74.